The molecule has 1 amide bonds. The van der Waals surface area contributed by atoms with Crippen LogP contribution >= 0.6 is 22.9 Å². The smallest absolute Gasteiger partial charge is 0.229 e. The molecule has 1 atom stereocenters. The number of amides is 1. The molecule has 0 spiro atoms. The van der Waals surface area contributed by atoms with E-state index in [9.17, 15) is 4.79 Å². The predicted molar refractivity (Wildman–Crippen MR) is 82.8 cm³/mol. The first-order chi connectivity index (χ1) is 10.3. The van der Waals surface area contributed by atoms with Crippen LogP contribution in [0.25, 0.3) is 0 Å². The number of hydrogen-bond acceptors (Lipinski definition) is 5. The summed E-state index contributed by atoms with van der Waals surface area (Å²) in [4.78, 5) is 21.1. The van der Waals surface area contributed by atoms with Gasteiger partial charge in [-0.2, -0.15) is 0 Å². The van der Waals surface area contributed by atoms with Crippen molar-refractivity contribution in [2.24, 2.45) is 0 Å². The average molecular weight is 330 g/mol. The van der Waals surface area contributed by atoms with Crippen LogP contribution in [0, 0.1) is 0 Å². The van der Waals surface area contributed by atoms with E-state index in [2.05, 4.69) is 9.88 Å². The lowest BCUT2D eigenvalue weighted by Gasteiger charge is -2.32. The number of hydrogen-bond donors (Lipinski definition) is 0. The van der Waals surface area contributed by atoms with Gasteiger partial charge in [0.25, 0.3) is 0 Å². The van der Waals surface area contributed by atoms with Crippen molar-refractivity contribution in [1.29, 1.82) is 0 Å². The number of carbonyl (C=O) groups is 1. The molecule has 3 heterocycles. The summed E-state index contributed by atoms with van der Waals surface area (Å²) in [5.74, 6) is 0.592. The van der Waals surface area contributed by atoms with Gasteiger partial charge in [0.2, 0.25) is 5.91 Å². The number of nitrogens with zero attached hydrogens (tertiary/aromatic N) is 3. The normalized spacial score (nSPS) is 23.7. The Bertz CT molecular complexity index is 490. The number of ether oxygens (including phenoxy) is 1. The van der Waals surface area contributed by atoms with E-state index in [4.69, 9.17) is 16.3 Å². The molecule has 0 radical (unpaired) electrons. The molecular weight excluding hydrogens is 310 g/mol. The monoisotopic (exact) mass is 329 g/mol. The number of halogens is 1. The van der Waals surface area contributed by atoms with Gasteiger partial charge in [-0.25, -0.2) is 4.98 Å². The molecule has 0 aromatic carbocycles. The van der Waals surface area contributed by atoms with E-state index < -0.39 is 0 Å². The number of thiazole rings is 1. The van der Waals surface area contributed by atoms with E-state index in [1.54, 1.807) is 0 Å². The van der Waals surface area contributed by atoms with Crippen LogP contribution < -0.4 is 0 Å². The minimum atomic E-state index is 0.182. The highest BCUT2D eigenvalue weighted by atomic mass is 35.5. The topological polar surface area (TPSA) is 45.7 Å². The standard InChI is InChI=1S/C14H20ClN3O2S/c15-8-11-10-21-13(16-11)7-14(19)18-2-1-12(9-18)17-3-5-20-6-4-17/h10,12H,1-9H2. The molecular formula is C14H20ClN3O2S. The van der Waals surface area contributed by atoms with Crippen molar-refractivity contribution in [3.8, 4) is 0 Å². The molecule has 0 aliphatic carbocycles. The van der Waals surface area contributed by atoms with Crippen molar-refractivity contribution in [3.63, 3.8) is 0 Å². The predicted octanol–water partition coefficient (Wildman–Crippen LogP) is 1.36. The molecule has 2 aliphatic heterocycles. The Labute approximate surface area is 133 Å². The number of likely N-dealkylation sites (tertiary alicyclic amines) is 1. The maximum atomic E-state index is 12.4. The molecule has 0 saturated carbocycles. The second-order valence-corrected chi connectivity index (χ2v) is 6.68. The summed E-state index contributed by atoms with van der Waals surface area (Å²) in [5, 5.41) is 2.79. The maximum absolute atomic E-state index is 12.4. The zero-order valence-electron chi connectivity index (χ0n) is 12.0. The maximum Gasteiger partial charge on any atom is 0.229 e. The molecule has 7 heteroatoms. The van der Waals surface area contributed by atoms with Crippen molar-refractivity contribution in [2.75, 3.05) is 39.4 Å². The minimum absolute atomic E-state index is 0.182. The van der Waals surface area contributed by atoms with E-state index in [1.807, 2.05) is 10.3 Å². The van der Waals surface area contributed by atoms with Crippen LogP contribution in [0.4, 0.5) is 0 Å². The lowest BCUT2D eigenvalue weighted by molar-refractivity contribution is -0.129. The van der Waals surface area contributed by atoms with Crippen molar-refractivity contribution in [3.05, 3.63) is 16.1 Å². The third kappa shape index (κ3) is 3.74. The highest BCUT2D eigenvalue weighted by molar-refractivity contribution is 7.09. The van der Waals surface area contributed by atoms with Gasteiger partial charge in [-0.1, -0.05) is 0 Å². The minimum Gasteiger partial charge on any atom is -0.379 e. The molecule has 3 rings (SSSR count). The highest BCUT2D eigenvalue weighted by Crippen LogP contribution is 2.19. The summed E-state index contributed by atoms with van der Waals surface area (Å²) < 4.78 is 5.39. The van der Waals surface area contributed by atoms with Crippen LogP contribution in [0.5, 0.6) is 0 Å². The van der Waals surface area contributed by atoms with Gasteiger partial charge in [-0.15, -0.1) is 22.9 Å². The number of alkyl halides is 1. The number of carbonyl (C=O) groups excluding carboxylic acids is 1. The first kappa shape index (κ1) is 15.2. The van der Waals surface area contributed by atoms with E-state index in [-0.39, 0.29) is 5.91 Å². The lowest BCUT2D eigenvalue weighted by Crippen LogP contribution is -2.45. The Balaban J connectivity index is 1.51. The van der Waals surface area contributed by atoms with E-state index >= 15 is 0 Å². The molecule has 1 aromatic heterocycles. The number of aromatic nitrogens is 1. The molecule has 0 N–H and O–H groups in total. The quantitative estimate of drug-likeness (QED) is 0.782. The summed E-state index contributed by atoms with van der Waals surface area (Å²) in [5.41, 5.74) is 0.858. The Morgan fingerprint density at radius 2 is 2.24 bits per heavy atom. The summed E-state index contributed by atoms with van der Waals surface area (Å²) in [7, 11) is 0. The molecule has 116 valence electrons. The van der Waals surface area contributed by atoms with Crippen molar-refractivity contribution < 1.29 is 9.53 Å². The number of morpholine rings is 1. The fraction of sp³-hybridized carbons (Fsp3) is 0.714. The first-order valence-corrected chi connectivity index (χ1v) is 8.76. The van der Waals surface area contributed by atoms with Crippen LogP contribution in [0.15, 0.2) is 5.38 Å². The summed E-state index contributed by atoms with van der Waals surface area (Å²) in [6.45, 7) is 5.28. The molecule has 1 unspecified atom stereocenters. The van der Waals surface area contributed by atoms with Gasteiger partial charge in [0.05, 0.1) is 31.2 Å². The highest BCUT2D eigenvalue weighted by Gasteiger charge is 2.31. The SMILES string of the molecule is O=C(Cc1nc(CCl)cs1)N1CCC(N2CCOCC2)C1. The van der Waals surface area contributed by atoms with Crippen molar-refractivity contribution >= 4 is 28.8 Å². The fourth-order valence-corrected chi connectivity index (χ4v) is 3.95. The van der Waals surface area contributed by atoms with Crippen LogP contribution in [0.2, 0.25) is 0 Å². The first-order valence-electron chi connectivity index (χ1n) is 7.35. The summed E-state index contributed by atoms with van der Waals surface area (Å²) in [6, 6.07) is 0.493. The fourth-order valence-electron chi connectivity index (χ4n) is 2.94. The zero-order valence-corrected chi connectivity index (χ0v) is 13.5. The average Bonchev–Trinajstić information content (AvgIpc) is 3.17. The van der Waals surface area contributed by atoms with Crippen LogP contribution in [-0.2, 0) is 21.8 Å². The Hall–Kier alpha value is -0.690. The molecule has 0 bridgehead atoms. The van der Waals surface area contributed by atoms with Gasteiger partial charge in [0, 0.05) is 37.6 Å². The molecule has 2 aliphatic rings. The van der Waals surface area contributed by atoms with Gasteiger partial charge in [0.15, 0.2) is 0 Å². The van der Waals surface area contributed by atoms with Crippen LogP contribution in [0.1, 0.15) is 17.1 Å². The summed E-state index contributed by atoms with van der Waals surface area (Å²) in [6.07, 6.45) is 1.47. The van der Waals surface area contributed by atoms with Gasteiger partial charge in [-0.3, -0.25) is 9.69 Å². The van der Waals surface area contributed by atoms with Crippen LogP contribution in [-0.4, -0.2) is 66.1 Å². The number of rotatable bonds is 4. The molecule has 2 saturated heterocycles. The van der Waals surface area contributed by atoms with Gasteiger partial charge < -0.3 is 9.64 Å². The van der Waals surface area contributed by atoms with E-state index in [1.165, 1.54) is 11.3 Å². The zero-order chi connectivity index (χ0) is 14.7. The second-order valence-electron chi connectivity index (χ2n) is 5.47. The van der Waals surface area contributed by atoms with Crippen LogP contribution in [0.3, 0.4) is 0 Å². The van der Waals surface area contributed by atoms with Gasteiger partial charge in [0.1, 0.15) is 5.01 Å². The van der Waals surface area contributed by atoms with Crippen molar-refractivity contribution in [2.45, 2.75) is 24.8 Å². The van der Waals surface area contributed by atoms with E-state index in [0.717, 1.165) is 56.5 Å². The summed E-state index contributed by atoms with van der Waals surface area (Å²) >= 11 is 7.26. The lowest BCUT2D eigenvalue weighted by atomic mass is 10.2. The van der Waals surface area contributed by atoms with E-state index in [0.29, 0.717) is 18.3 Å². The Kier molecular flexibility index (Phi) is 5.11. The molecule has 21 heavy (non-hydrogen) atoms. The second kappa shape index (κ2) is 7.05. The van der Waals surface area contributed by atoms with Gasteiger partial charge in [-0.05, 0) is 6.42 Å². The molecule has 1 aromatic rings. The Morgan fingerprint density at radius 3 is 2.95 bits per heavy atom. The van der Waals surface area contributed by atoms with Crippen molar-refractivity contribution in [1.82, 2.24) is 14.8 Å². The van der Waals surface area contributed by atoms with Gasteiger partial charge >= 0.3 is 0 Å². The Morgan fingerprint density at radius 1 is 1.43 bits per heavy atom. The third-order valence-corrected chi connectivity index (χ3v) is 5.29. The largest absolute Gasteiger partial charge is 0.379 e. The molecule has 2 fully saturated rings. The third-order valence-electron chi connectivity index (χ3n) is 4.12. The molecule has 5 nitrogen and oxygen atoms in total.